The average Bonchev–Trinajstić information content (AvgIpc) is 2.41. The number of nitrogens with zero attached hydrogens (tertiary/aromatic N) is 1. The Morgan fingerprint density at radius 2 is 1.89 bits per heavy atom. The molecule has 2 rings (SSSR count). The molecule has 2 fully saturated rings. The molecule has 0 spiro atoms. The predicted molar refractivity (Wildman–Crippen MR) is 80.5 cm³/mol. The minimum absolute atomic E-state index is 0.428. The van der Waals surface area contributed by atoms with Crippen molar-refractivity contribution in [2.24, 2.45) is 5.41 Å². The SMILES string of the molecule is CCNC1C(N2CCC(OC)CC2)CCCC1(C)C. The summed E-state index contributed by atoms with van der Waals surface area (Å²) in [4.78, 5) is 2.73. The van der Waals surface area contributed by atoms with Gasteiger partial charge >= 0.3 is 0 Å². The van der Waals surface area contributed by atoms with Gasteiger partial charge in [0.05, 0.1) is 6.10 Å². The van der Waals surface area contributed by atoms with Crippen LogP contribution in [-0.2, 0) is 4.74 Å². The fourth-order valence-electron chi connectivity index (χ4n) is 4.08. The largest absolute Gasteiger partial charge is 0.381 e. The maximum absolute atomic E-state index is 5.50. The van der Waals surface area contributed by atoms with Crippen molar-refractivity contribution in [3.63, 3.8) is 0 Å². The van der Waals surface area contributed by atoms with Gasteiger partial charge in [-0.1, -0.05) is 27.2 Å². The van der Waals surface area contributed by atoms with Crippen LogP contribution >= 0.6 is 0 Å². The lowest BCUT2D eigenvalue weighted by atomic mass is 9.70. The molecule has 3 nitrogen and oxygen atoms in total. The van der Waals surface area contributed by atoms with Crippen LogP contribution in [0.1, 0.15) is 52.9 Å². The summed E-state index contributed by atoms with van der Waals surface area (Å²) in [5.74, 6) is 0. The van der Waals surface area contributed by atoms with Gasteiger partial charge in [-0.05, 0) is 37.6 Å². The van der Waals surface area contributed by atoms with Gasteiger partial charge < -0.3 is 10.1 Å². The highest BCUT2D eigenvalue weighted by molar-refractivity contribution is 4.98. The standard InChI is InChI=1S/C16H32N2O/c1-5-17-15-14(7-6-10-16(15,2)3)18-11-8-13(19-4)9-12-18/h13-15,17H,5-12H2,1-4H3. The summed E-state index contributed by atoms with van der Waals surface area (Å²) in [7, 11) is 1.85. The van der Waals surface area contributed by atoms with Gasteiger partial charge in [0.15, 0.2) is 0 Å². The summed E-state index contributed by atoms with van der Waals surface area (Å²) in [6, 6.07) is 1.37. The fraction of sp³-hybridized carbons (Fsp3) is 1.00. The van der Waals surface area contributed by atoms with Crippen LogP contribution in [0.3, 0.4) is 0 Å². The Hall–Kier alpha value is -0.120. The van der Waals surface area contributed by atoms with Gasteiger partial charge in [0.2, 0.25) is 0 Å². The molecule has 0 aromatic rings. The van der Waals surface area contributed by atoms with Crippen molar-refractivity contribution in [1.82, 2.24) is 10.2 Å². The number of likely N-dealkylation sites (tertiary alicyclic amines) is 1. The molecule has 1 N–H and O–H groups in total. The number of nitrogens with one attached hydrogen (secondary N) is 1. The molecule has 19 heavy (non-hydrogen) atoms. The molecule has 0 amide bonds. The van der Waals surface area contributed by atoms with Crippen LogP contribution in [0.25, 0.3) is 0 Å². The number of methoxy groups -OCH3 is 1. The van der Waals surface area contributed by atoms with Crippen molar-refractivity contribution in [1.29, 1.82) is 0 Å². The zero-order valence-corrected chi connectivity index (χ0v) is 13.2. The third-order valence-corrected chi connectivity index (χ3v) is 5.25. The van der Waals surface area contributed by atoms with Crippen LogP contribution in [0.2, 0.25) is 0 Å². The van der Waals surface area contributed by atoms with E-state index in [9.17, 15) is 0 Å². The van der Waals surface area contributed by atoms with E-state index >= 15 is 0 Å². The normalized spacial score (nSPS) is 33.5. The smallest absolute Gasteiger partial charge is 0.0595 e. The first kappa shape index (κ1) is 15.3. The molecular formula is C16H32N2O. The second-order valence-electron chi connectivity index (χ2n) is 6.95. The maximum atomic E-state index is 5.50. The zero-order chi connectivity index (χ0) is 13.9. The van der Waals surface area contributed by atoms with Crippen LogP contribution in [-0.4, -0.2) is 49.8 Å². The average molecular weight is 268 g/mol. The Balaban J connectivity index is 2.00. The minimum atomic E-state index is 0.428. The predicted octanol–water partition coefficient (Wildman–Crippen LogP) is 2.65. The van der Waals surface area contributed by atoms with E-state index in [4.69, 9.17) is 4.74 Å². The molecule has 1 aliphatic carbocycles. The van der Waals surface area contributed by atoms with Crippen molar-refractivity contribution in [2.75, 3.05) is 26.7 Å². The van der Waals surface area contributed by atoms with E-state index in [0.717, 1.165) is 12.6 Å². The Morgan fingerprint density at radius 1 is 1.21 bits per heavy atom. The number of hydrogen-bond donors (Lipinski definition) is 1. The third kappa shape index (κ3) is 3.50. The van der Waals surface area contributed by atoms with E-state index in [2.05, 4.69) is 31.0 Å². The van der Waals surface area contributed by atoms with Gasteiger partial charge in [-0.3, -0.25) is 4.90 Å². The second kappa shape index (κ2) is 6.55. The van der Waals surface area contributed by atoms with E-state index in [-0.39, 0.29) is 0 Å². The molecule has 0 aromatic carbocycles. The summed E-state index contributed by atoms with van der Waals surface area (Å²) in [5.41, 5.74) is 0.428. The van der Waals surface area contributed by atoms with Crippen LogP contribution in [0.5, 0.6) is 0 Å². The lowest BCUT2D eigenvalue weighted by Gasteiger charge is -2.50. The van der Waals surface area contributed by atoms with Gasteiger partial charge in [-0.25, -0.2) is 0 Å². The highest BCUT2D eigenvalue weighted by atomic mass is 16.5. The monoisotopic (exact) mass is 268 g/mol. The maximum Gasteiger partial charge on any atom is 0.0595 e. The van der Waals surface area contributed by atoms with Crippen LogP contribution in [0, 0.1) is 5.41 Å². The molecule has 2 atom stereocenters. The first-order valence-electron chi connectivity index (χ1n) is 8.08. The van der Waals surface area contributed by atoms with Gasteiger partial charge in [-0.2, -0.15) is 0 Å². The molecule has 1 saturated carbocycles. The van der Waals surface area contributed by atoms with Crippen LogP contribution in [0.15, 0.2) is 0 Å². The number of rotatable bonds is 4. The topological polar surface area (TPSA) is 24.5 Å². The molecule has 3 heteroatoms. The van der Waals surface area contributed by atoms with Gasteiger partial charge in [0.25, 0.3) is 0 Å². The summed E-state index contributed by atoms with van der Waals surface area (Å²) in [5, 5.41) is 3.77. The van der Waals surface area contributed by atoms with E-state index in [0.29, 0.717) is 17.6 Å². The first-order chi connectivity index (χ1) is 9.08. The second-order valence-corrected chi connectivity index (χ2v) is 6.95. The van der Waals surface area contributed by atoms with Gasteiger partial charge in [0, 0.05) is 32.3 Å². The minimum Gasteiger partial charge on any atom is -0.381 e. The lowest BCUT2D eigenvalue weighted by molar-refractivity contribution is -0.00683. The number of ether oxygens (including phenoxy) is 1. The van der Waals surface area contributed by atoms with E-state index in [1.807, 2.05) is 7.11 Å². The van der Waals surface area contributed by atoms with Crippen molar-refractivity contribution in [3.8, 4) is 0 Å². The number of piperidine rings is 1. The summed E-state index contributed by atoms with van der Waals surface area (Å²) in [6.45, 7) is 10.6. The van der Waals surface area contributed by atoms with Crippen molar-refractivity contribution < 1.29 is 4.74 Å². The van der Waals surface area contributed by atoms with E-state index in [1.165, 1.54) is 45.2 Å². The summed E-state index contributed by atoms with van der Waals surface area (Å²) in [6.07, 6.45) is 6.99. The van der Waals surface area contributed by atoms with Crippen molar-refractivity contribution >= 4 is 0 Å². The van der Waals surface area contributed by atoms with Gasteiger partial charge in [0.1, 0.15) is 0 Å². The lowest BCUT2D eigenvalue weighted by Crippen LogP contribution is -2.60. The Morgan fingerprint density at radius 3 is 2.47 bits per heavy atom. The third-order valence-electron chi connectivity index (χ3n) is 5.25. The summed E-state index contributed by atoms with van der Waals surface area (Å²) < 4.78 is 5.50. The van der Waals surface area contributed by atoms with Gasteiger partial charge in [-0.15, -0.1) is 0 Å². The molecular weight excluding hydrogens is 236 g/mol. The molecule has 0 bridgehead atoms. The molecule has 112 valence electrons. The van der Waals surface area contributed by atoms with E-state index < -0.39 is 0 Å². The van der Waals surface area contributed by atoms with Crippen LogP contribution in [0.4, 0.5) is 0 Å². The molecule has 2 unspecified atom stereocenters. The molecule has 1 heterocycles. The molecule has 0 radical (unpaired) electrons. The Bertz CT molecular complexity index is 272. The number of likely N-dealkylation sites (N-methyl/N-ethyl adjacent to an activating group) is 1. The van der Waals surface area contributed by atoms with Crippen molar-refractivity contribution in [2.45, 2.75) is 71.1 Å². The quantitative estimate of drug-likeness (QED) is 0.848. The Kier molecular flexibility index (Phi) is 5.27. The highest BCUT2D eigenvalue weighted by Gasteiger charge is 2.41. The van der Waals surface area contributed by atoms with Crippen molar-refractivity contribution in [3.05, 3.63) is 0 Å². The summed E-state index contributed by atoms with van der Waals surface area (Å²) >= 11 is 0. The molecule has 1 saturated heterocycles. The highest BCUT2D eigenvalue weighted by Crippen LogP contribution is 2.38. The first-order valence-corrected chi connectivity index (χ1v) is 8.08. The van der Waals surface area contributed by atoms with Crippen LogP contribution < -0.4 is 5.32 Å². The fourth-order valence-corrected chi connectivity index (χ4v) is 4.08. The number of hydrogen-bond acceptors (Lipinski definition) is 3. The van der Waals surface area contributed by atoms with E-state index in [1.54, 1.807) is 0 Å². The Labute approximate surface area is 119 Å². The molecule has 0 aromatic heterocycles. The molecule has 1 aliphatic heterocycles. The zero-order valence-electron chi connectivity index (χ0n) is 13.2. The molecule has 2 aliphatic rings.